The van der Waals surface area contributed by atoms with E-state index in [1.165, 1.54) is 72.3 Å². The van der Waals surface area contributed by atoms with Gasteiger partial charge in [0.1, 0.15) is 0 Å². The van der Waals surface area contributed by atoms with Gasteiger partial charge in [0.2, 0.25) is 5.69 Å². The van der Waals surface area contributed by atoms with E-state index in [1.807, 2.05) is 0 Å². The van der Waals surface area contributed by atoms with Gasteiger partial charge in [0, 0.05) is 46.6 Å². The first kappa shape index (κ1) is 47.3. The Balaban J connectivity index is 1.34. The van der Waals surface area contributed by atoms with Crippen LogP contribution >= 0.6 is 0 Å². The highest BCUT2D eigenvalue weighted by molar-refractivity contribution is 6.89. The van der Waals surface area contributed by atoms with Crippen molar-refractivity contribution in [1.82, 2.24) is 0 Å². The second-order valence-electron chi connectivity index (χ2n) is 20.0. The maximum Gasteiger partial charge on any atom is 0.213 e. The summed E-state index contributed by atoms with van der Waals surface area (Å²) in [6.45, 7) is 34.0. The maximum absolute atomic E-state index is 5.04. The molecular weight excluding hydrogens is 803 g/mol. The molecule has 0 spiro atoms. The number of hydrogen-bond acceptors (Lipinski definition) is 2. The molecule has 6 aromatic rings. The summed E-state index contributed by atoms with van der Waals surface area (Å²) in [5, 5.41) is 5.62. The molecule has 3 atom stereocenters. The lowest BCUT2D eigenvalue weighted by Crippen LogP contribution is -2.54. The quantitative estimate of drug-likeness (QED) is 0.0527. The highest BCUT2D eigenvalue weighted by Crippen LogP contribution is 2.46. The van der Waals surface area contributed by atoms with Crippen molar-refractivity contribution in [2.45, 2.75) is 124 Å². The average molecular weight is 877 g/mol. The summed E-state index contributed by atoms with van der Waals surface area (Å²) < 4.78 is 2.69. The monoisotopic (exact) mass is 877 g/mol. The van der Waals surface area contributed by atoms with E-state index in [0.29, 0.717) is 11.8 Å². The number of anilines is 3. The largest absolute Gasteiger partial charge is 0.353 e. The number of nitrogens with one attached hydrogen (secondary N) is 1. The summed E-state index contributed by atoms with van der Waals surface area (Å²) in [4.78, 5) is 2.52. The average Bonchev–Trinajstić information content (AvgIpc) is 3.30. The van der Waals surface area contributed by atoms with Crippen LogP contribution in [0.3, 0.4) is 0 Å². The normalized spacial score (nSPS) is 15.2. The summed E-state index contributed by atoms with van der Waals surface area (Å²) in [6, 6.07) is 47.6. The van der Waals surface area contributed by atoms with E-state index in [1.54, 1.807) is 0 Å². The third-order valence-corrected chi connectivity index (χ3v) is 15.7. The number of hydrogen-bond donors (Lipinski definition) is 1. The van der Waals surface area contributed by atoms with E-state index in [2.05, 4.69) is 235 Å². The lowest BCUT2D eigenvalue weighted by Gasteiger charge is -2.36. The molecule has 0 fully saturated rings. The minimum absolute atomic E-state index is 0.159. The van der Waals surface area contributed by atoms with Gasteiger partial charge >= 0.3 is 0 Å². The van der Waals surface area contributed by atoms with Gasteiger partial charge in [-0.25, -0.2) is 0 Å². The van der Waals surface area contributed by atoms with Crippen molar-refractivity contribution in [2.24, 2.45) is 0 Å². The molecule has 1 N–H and O–H groups in total. The summed E-state index contributed by atoms with van der Waals surface area (Å²) in [7, 11) is -1.83. The highest BCUT2D eigenvalue weighted by atomic mass is 28.3. The van der Waals surface area contributed by atoms with E-state index < -0.39 is 8.07 Å². The Bertz CT molecular complexity index is 2600. The zero-order chi connectivity index (χ0) is 46.4. The number of pyridine rings is 1. The van der Waals surface area contributed by atoms with Gasteiger partial charge in [-0.3, -0.25) is 0 Å². The second kappa shape index (κ2) is 20.6. The van der Waals surface area contributed by atoms with E-state index in [-0.39, 0.29) is 17.9 Å². The van der Waals surface area contributed by atoms with Crippen molar-refractivity contribution in [2.75, 3.05) is 16.8 Å². The van der Waals surface area contributed by atoms with Crippen molar-refractivity contribution in [3.63, 3.8) is 0 Å². The lowest BCUT2D eigenvalue weighted by atomic mass is 9.77. The number of fused-ring (bicyclic) bond motifs is 3. The van der Waals surface area contributed by atoms with Gasteiger partial charge in [0.25, 0.3) is 0 Å². The Hall–Kier alpha value is -5.71. The van der Waals surface area contributed by atoms with Gasteiger partial charge in [-0.1, -0.05) is 183 Å². The van der Waals surface area contributed by atoms with E-state index in [0.717, 1.165) is 43.6 Å². The van der Waals surface area contributed by atoms with E-state index in [4.69, 9.17) is 6.58 Å². The fourth-order valence-corrected chi connectivity index (χ4v) is 11.9. The molecule has 0 saturated heterocycles. The van der Waals surface area contributed by atoms with Crippen LogP contribution in [0.5, 0.6) is 0 Å². The Morgan fingerprint density at radius 2 is 1.37 bits per heavy atom. The SMILES string of the molecule is C=C(/C=C\C)CCC1c2ccccc2-c2cc(C(C)c3ccccc3)c([Si](C)(C)C)c[n+]2C1CC(=C)N(CCC)c1ccccc1Nc1c(C(C)C)cc(-c2ccccc2)cc1C(C)C. The van der Waals surface area contributed by atoms with Crippen molar-refractivity contribution in [3.8, 4) is 22.4 Å². The van der Waals surface area contributed by atoms with Crippen LogP contribution < -0.4 is 20.0 Å². The number of para-hydroxylation sites is 2. The predicted octanol–water partition coefficient (Wildman–Crippen LogP) is 16.4. The van der Waals surface area contributed by atoms with Gasteiger partial charge < -0.3 is 10.2 Å². The molecule has 7 rings (SSSR count). The summed E-state index contributed by atoms with van der Waals surface area (Å²) in [5.74, 6) is 1.21. The molecule has 0 amide bonds. The van der Waals surface area contributed by atoms with Crippen LogP contribution in [0.4, 0.5) is 17.1 Å². The van der Waals surface area contributed by atoms with Gasteiger partial charge in [0.15, 0.2) is 12.2 Å². The molecule has 0 bridgehead atoms. The van der Waals surface area contributed by atoms with E-state index in [9.17, 15) is 0 Å². The highest BCUT2D eigenvalue weighted by Gasteiger charge is 2.43. The Kier molecular flexibility index (Phi) is 15.0. The van der Waals surface area contributed by atoms with Crippen molar-refractivity contribution < 1.29 is 4.57 Å². The molecule has 2 heterocycles. The second-order valence-corrected chi connectivity index (χ2v) is 25.1. The third kappa shape index (κ3) is 10.4. The van der Waals surface area contributed by atoms with Gasteiger partial charge in [0.05, 0.1) is 25.9 Å². The molecule has 336 valence electrons. The van der Waals surface area contributed by atoms with Gasteiger partial charge in [-0.15, -0.1) is 0 Å². The first-order valence-corrected chi connectivity index (χ1v) is 27.8. The minimum atomic E-state index is -1.83. The summed E-state index contributed by atoms with van der Waals surface area (Å²) in [6.07, 6.45) is 10.7. The van der Waals surface area contributed by atoms with Crippen LogP contribution in [0.2, 0.25) is 19.6 Å². The molecule has 65 heavy (non-hydrogen) atoms. The molecule has 0 saturated carbocycles. The van der Waals surface area contributed by atoms with Crippen molar-refractivity contribution >= 4 is 30.3 Å². The number of allylic oxidation sites excluding steroid dienone is 4. The third-order valence-electron chi connectivity index (χ3n) is 13.6. The van der Waals surface area contributed by atoms with Crippen LogP contribution in [-0.4, -0.2) is 14.6 Å². The predicted molar refractivity (Wildman–Crippen MR) is 285 cm³/mol. The smallest absolute Gasteiger partial charge is 0.213 e. The minimum Gasteiger partial charge on any atom is -0.353 e. The molecule has 0 aliphatic carbocycles. The van der Waals surface area contributed by atoms with Gasteiger partial charge in [-0.2, -0.15) is 4.57 Å². The molecule has 5 aromatic carbocycles. The molecule has 3 unspecified atom stereocenters. The Labute approximate surface area is 393 Å². The molecule has 1 aromatic heterocycles. The molecule has 1 aliphatic rings. The molecular formula is C61H74N3Si+. The van der Waals surface area contributed by atoms with E-state index >= 15 is 0 Å². The number of benzene rings is 5. The number of rotatable bonds is 18. The zero-order valence-corrected chi connectivity index (χ0v) is 42.1. The Morgan fingerprint density at radius 3 is 2.00 bits per heavy atom. The number of aromatic nitrogens is 1. The summed E-state index contributed by atoms with van der Waals surface area (Å²) in [5.41, 5.74) is 17.9. The molecule has 1 aliphatic heterocycles. The first-order chi connectivity index (χ1) is 31.2. The molecule has 3 nitrogen and oxygen atoms in total. The Morgan fingerprint density at radius 1 is 0.754 bits per heavy atom. The van der Waals surface area contributed by atoms with Crippen molar-refractivity contribution in [3.05, 3.63) is 198 Å². The molecule has 4 heteroatoms. The van der Waals surface area contributed by atoms with Crippen LogP contribution in [0.15, 0.2) is 170 Å². The fraction of sp³-hybridized carbons (Fsp3) is 0.328. The first-order valence-electron chi connectivity index (χ1n) is 24.3. The maximum atomic E-state index is 5.04. The number of nitrogens with zero attached hydrogens (tertiary/aromatic N) is 2. The fourth-order valence-electron chi connectivity index (χ4n) is 10.2. The summed E-state index contributed by atoms with van der Waals surface area (Å²) >= 11 is 0. The zero-order valence-electron chi connectivity index (χ0n) is 41.1. The molecule has 0 radical (unpaired) electrons. The standard InChI is InChI=1S/C61H74N3Si/c1-13-25-44(7)34-35-52-50-30-21-22-31-51(50)59-40-55(46(9)47-26-17-15-18-27-47)60(65(10,11)12)41-64(59)58(52)37-45(8)63(36-14-2)57-33-24-23-32-56(57)62-61-53(42(3)4)38-49(39-54(61)43(5)6)48-28-19-16-20-29-48/h13,15-33,38-43,46,52,58,62H,7-8,14,34-37H2,1-6,9-12H3/q+1/b25-13-. The van der Waals surface area contributed by atoms with Crippen LogP contribution in [0, 0.1) is 0 Å². The van der Waals surface area contributed by atoms with Crippen LogP contribution in [-0.2, 0) is 0 Å². The topological polar surface area (TPSA) is 19.1 Å². The van der Waals surface area contributed by atoms with Crippen molar-refractivity contribution in [1.29, 1.82) is 0 Å². The van der Waals surface area contributed by atoms with Crippen LogP contribution in [0.1, 0.15) is 132 Å². The van der Waals surface area contributed by atoms with Crippen LogP contribution in [0.25, 0.3) is 22.4 Å². The van der Waals surface area contributed by atoms with Gasteiger partial charge in [-0.05, 0) is 107 Å². The lowest BCUT2D eigenvalue weighted by molar-refractivity contribution is -0.717.